The van der Waals surface area contributed by atoms with Crippen LogP contribution in [0.1, 0.15) is 16.9 Å². The molecule has 0 radical (unpaired) electrons. The van der Waals surface area contributed by atoms with Gasteiger partial charge in [0, 0.05) is 17.1 Å². The van der Waals surface area contributed by atoms with Gasteiger partial charge in [-0.05, 0) is 37.6 Å². The second kappa shape index (κ2) is 6.43. The molecule has 4 heteroatoms. The summed E-state index contributed by atoms with van der Waals surface area (Å²) in [6.07, 6.45) is 1.46. The lowest BCUT2D eigenvalue weighted by atomic mass is 10.1. The van der Waals surface area contributed by atoms with Gasteiger partial charge in [-0.25, -0.2) is 0 Å². The lowest BCUT2D eigenvalue weighted by Crippen LogP contribution is -2.14. The van der Waals surface area contributed by atoms with Crippen molar-refractivity contribution in [3.63, 3.8) is 0 Å². The topological polar surface area (TPSA) is 66.0 Å². The first-order chi connectivity index (χ1) is 11.6. The largest absolute Gasteiger partial charge is 0.457 e. The van der Waals surface area contributed by atoms with E-state index < -0.39 is 5.91 Å². The van der Waals surface area contributed by atoms with Gasteiger partial charge in [-0.2, -0.15) is 5.26 Å². The van der Waals surface area contributed by atoms with E-state index in [-0.39, 0.29) is 5.57 Å². The minimum Gasteiger partial charge on any atom is -0.457 e. The fraction of sp³-hybridized carbons (Fsp3) is 0.100. The number of nitriles is 1. The highest BCUT2D eigenvalue weighted by Gasteiger charge is 2.12. The van der Waals surface area contributed by atoms with Crippen LogP contribution in [0.2, 0.25) is 0 Å². The summed E-state index contributed by atoms with van der Waals surface area (Å²) in [5.74, 6) is 0.0217. The first-order valence-electron chi connectivity index (χ1n) is 7.56. The zero-order valence-corrected chi connectivity index (χ0v) is 13.5. The maximum Gasteiger partial charge on any atom is 0.266 e. The lowest BCUT2D eigenvalue weighted by Gasteiger charge is -2.08. The van der Waals surface area contributed by atoms with Crippen LogP contribution in [0.4, 0.5) is 5.69 Å². The number of fused-ring (bicyclic) bond motifs is 1. The first-order valence-corrected chi connectivity index (χ1v) is 7.56. The lowest BCUT2D eigenvalue weighted by molar-refractivity contribution is -0.112. The summed E-state index contributed by atoms with van der Waals surface area (Å²) < 4.78 is 5.63. The van der Waals surface area contributed by atoms with Crippen molar-refractivity contribution in [2.45, 2.75) is 13.8 Å². The average Bonchev–Trinajstić information content (AvgIpc) is 2.97. The number of hydrogen-bond donors (Lipinski definition) is 1. The number of benzene rings is 2. The SMILES string of the molecule is Cc1ccc(NC(=O)/C(C#N)=C/c2cc3ccccc3o2)c(C)c1. The molecular formula is C20H16N2O2. The van der Waals surface area contributed by atoms with Crippen LogP contribution < -0.4 is 5.32 Å². The van der Waals surface area contributed by atoms with Crippen molar-refractivity contribution in [1.29, 1.82) is 5.26 Å². The molecule has 0 spiro atoms. The maximum atomic E-state index is 12.4. The van der Waals surface area contributed by atoms with E-state index >= 15 is 0 Å². The number of carbonyl (C=O) groups excluding carboxylic acids is 1. The second-order valence-corrected chi connectivity index (χ2v) is 5.63. The zero-order valence-electron chi connectivity index (χ0n) is 13.5. The number of hydrogen-bond acceptors (Lipinski definition) is 3. The molecule has 0 saturated heterocycles. The Balaban J connectivity index is 1.87. The van der Waals surface area contributed by atoms with Crippen molar-refractivity contribution in [2.75, 3.05) is 5.32 Å². The van der Waals surface area contributed by atoms with Gasteiger partial charge in [-0.1, -0.05) is 35.9 Å². The third-order valence-electron chi connectivity index (χ3n) is 3.73. The number of anilines is 1. The van der Waals surface area contributed by atoms with E-state index in [0.29, 0.717) is 11.4 Å². The third-order valence-corrected chi connectivity index (χ3v) is 3.73. The Labute approximate surface area is 140 Å². The average molecular weight is 316 g/mol. The van der Waals surface area contributed by atoms with E-state index in [9.17, 15) is 10.1 Å². The van der Waals surface area contributed by atoms with Gasteiger partial charge in [0.05, 0.1) is 0 Å². The Morgan fingerprint density at radius 2 is 1.96 bits per heavy atom. The van der Waals surface area contributed by atoms with Gasteiger partial charge in [-0.15, -0.1) is 0 Å². The smallest absolute Gasteiger partial charge is 0.266 e. The molecule has 0 bridgehead atoms. The van der Waals surface area contributed by atoms with Gasteiger partial charge in [0.25, 0.3) is 5.91 Å². The monoisotopic (exact) mass is 316 g/mol. The van der Waals surface area contributed by atoms with E-state index in [4.69, 9.17) is 4.42 Å². The van der Waals surface area contributed by atoms with Crippen LogP contribution >= 0.6 is 0 Å². The van der Waals surface area contributed by atoms with Crippen LogP contribution in [0.5, 0.6) is 0 Å². The van der Waals surface area contributed by atoms with Gasteiger partial charge in [0.2, 0.25) is 0 Å². The minimum atomic E-state index is -0.454. The predicted octanol–water partition coefficient (Wildman–Crippen LogP) is 4.60. The molecule has 0 aliphatic heterocycles. The highest BCUT2D eigenvalue weighted by Crippen LogP contribution is 2.22. The summed E-state index contributed by atoms with van der Waals surface area (Å²) in [7, 11) is 0. The standard InChI is InChI=1S/C20H16N2O2/c1-13-7-8-18(14(2)9-13)22-20(23)16(12-21)11-17-10-15-5-3-4-6-19(15)24-17/h3-11H,1-2H3,(H,22,23)/b16-11+. The number of para-hydroxylation sites is 1. The molecule has 118 valence electrons. The van der Waals surface area contributed by atoms with Crippen molar-refractivity contribution >= 4 is 28.6 Å². The van der Waals surface area contributed by atoms with Gasteiger partial charge >= 0.3 is 0 Å². The number of nitrogens with zero attached hydrogens (tertiary/aromatic N) is 1. The Hall–Kier alpha value is -3.32. The normalized spacial score (nSPS) is 11.3. The highest BCUT2D eigenvalue weighted by molar-refractivity contribution is 6.10. The molecule has 3 rings (SSSR count). The Morgan fingerprint density at radius 3 is 2.67 bits per heavy atom. The Bertz CT molecular complexity index is 957. The Morgan fingerprint density at radius 1 is 1.17 bits per heavy atom. The van der Waals surface area contributed by atoms with E-state index in [1.807, 2.05) is 62.4 Å². The third kappa shape index (κ3) is 3.21. The quantitative estimate of drug-likeness (QED) is 0.567. The molecule has 24 heavy (non-hydrogen) atoms. The summed E-state index contributed by atoms with van der Waals surface area (Å²) in [4.78, 5) is 12.4. The predicted molar refractivity (Wildman–Crippen MR) is 94.3 cm³/mol. The van der Waals surface area contributed by atoms with Gasteiger partial charge in [0.15, 0.2) is 0 Å². The van der Waals surface area contributed by atoms with Gasteiger partial charge in [0.1, 0.15) is 23.0 Å². The molecule has 0 saturated carbocycles. The minimum absolute atomic E-state index is 0.00553. The molecular weight excluding hydrogens is 300 g/mol. The molecule has 1 N–H and O–H groups in total. The van der Waals surface area contributed by atoms with Crippen LogP contribution in [-0.2, 0) is 4.79 Å². The maximum absolute atomic E-state index is 12.4. The van der Waals surface area contributed by atoms with Crippen molar-refractivity contribution in [1.82, 2.24) is 0 Å². The number of carbonyl (C=O) groups is 1. The van der Waals surface area contributed by atoms with E-state index in [2.05, 4.69) is 5.32 Å². The summed E-state index contributed by atoms with van der Waals surface area (Å²) in [5.41, 5.74) is 3.47. The van der Waals surface area contributed by atoms with Crippen molar-refractivity contribution in [3.05, 3.63) is 71.0 Å². The summed E-state index contributed by atoms with van der Waals surface area (Å²) in [6.45, 7) is 3.90. The highest BCUT2D eigenvalue weighted by atomic mass is 16.3. The summed E-state index contributed by atoms with van der Waals surface area (Å²) in [6, 6.07) is 17.0. The van der Waals surface area contributed by atoms with Crippen LogP contribution in [-0.4, -0.2) is 5.91 Å². The molecule has 0 aliphatic carbocycles. The molecule has 3 aromatic rings. The Kier molecular flexibility index (Phi) is 4.17. The van der Waals surface area contributed by atoms with Gasteiger partial charge in [-0.3, -0.25) is 4.79 Å². The summed E-state index contributed by atoms with van der Waals surface area (Å²) >= 11 is 0. The molecule has 0 aliphatic rings. The fourth-order valence-corrected chi connectivity index (χ4v) is 2.51. The number of aryl methyl sites for hydroxylation is 2. The van der Waals surface area contributed by atoms with Crippen molar-refractivity contribution < 1.29 is 9.21 Å². The second-order valence-electron chi connectivity index (χ2n) is 5.63. The van der Waals surface area contributed by atoms with Crippen LogP contribution in [0.25, 0.3) is 17.0 Å². The van der Waals surface area contributed by atoms with Crippen LogP contribution in [0, 0.1) is 25.2 Å². The fourth-order valence-electron chi connectivity index (χ4n) is 2.51. The zero-order chi connectivity index (χ0) is 17.1. The molecule has 0 fully saturated rings. The van der Waals surface area contributed by atoms with Crippen LogP contribution in [0.15, 0.2) is 58.5 Å². The number of furan rings is 1. The van der Waals surface area contributed by atoms with Crippen molar-refractivity contribution in [2.24, 2.45) is 0 Å². The first kappa shape index (κ1) is 15.6. The van der Waals surface area contributed by atoms with E-state index in [1.54, 1.807) is 6.07 Å². The van der Waals surface area contributed by atoms with E-state index in [1.165, 1.54) is 6.08 Å². The van der Waals surface area contributed by atoms with Crippen molar-refractivity contribution in [3.8, 4) is 6.07 Å². The summed E-state index contributed by atoms with van der Waals surface area (Å²) in [5, 5.41) is 13.0. The number of rotatable bonds is 3. The van der Waals surface area contributed by atoms with Crippen LogP contribution in [0.3, 0.4) is 0 Å². The molecule has 1 aromatic heterocycles. The molecule has 0 unspecified atom stereocenters. The molecule has 0 atom stereocenters. The molecule has 2 aromatic carbocycles. The van der Waals surface area contributed by atoms with Gasteiger partial charge < -0.3 is 9.73 Å². The van der Waals surface area contributed by atoms with E-state index in [0.717, 1.165) is 22.1 Å². The molecule has 1 heterocycles. The number of amides is 1. The molecule has 1 amide bonds. The molecule has 4 nitrogen and oxygen atoms in total. The number of nitrogens with one attached hydrogen (secondary N) is 1.